The number of nitrogens with zero attached hydrogens (tertiary/aromatic N) is 1. The van der Waals surface area contributed by atoms with Crippen molar-refractivity contribution in [3.05, 3.63) is 70.3 Å². The maximum absolute atomic E-state index is 5.85. The van der Waals surface area contributed by atoms with E-state index in [1.807, 2.05) is 19.1 Å². The standard InChI is InChI=1S/C20H24ClN/c1-4-17-6-5-7-19(13-17)12-15(2)20-11-10-18(14-22-20)9-8-16(3)21/h5-11,13,15H,4,12,14H2,1-3H3. The van der Waals surface area contributed by atoms with Crippen LogP contribution in [0.25, 0.3) is 0 Å². The van der Waals surface area contributed by atoms with Gasteiger partial charge in [-0.25, -0.2) is 0 Å². The van der Waals surface area contributed by atoms with E-state index in [9.17, 15) is 0 Å². The molecule has 2 heteroatoms. The van der Waals surface area contributed by atoms with Crippen LogP contribution in [0.1, 0.15) is 31.9 Å². The van der Waals surface area contributed by atoms with E-state index >= 15 is 0 Å². The van der Waals surface area contributed by atoms with Crippen LogP contribution in [0.2, 0.25) is 0 Å². The van der Waals surface area contributed by atoms with Crippen LogP contribution in [0.3, 0.4) is 0 Å². The molecule has 1 aromatic rings. The van der Waals surface area contributed by atoms with E-state index in [1.54, 1.807) is 0 Å². The van der Waals surface area contributed by atoms with Crippen LogP contribution in [0.5, 0.6) is 0 Å². The molecule has 2 rings (SSSR count). The molecule has 0 saturated carbocycles. The molecule has 1 atom stereocenters. The number of dihydropyridines is 1. The summed E-state index contributed by atoms with van der Waals surface area (Å²) in [6, 6.07) is 8.86. The van der Waals surface area contributed by atoms with E-state index in [4.69, 9.17) is 16.6 Å². The lowest BCUT2D eigenvalue weighted by molar-refractivity contribution is 0.763. The maximum Gasteiger partial charge on any atom is 0.0643 e. The van der Waals surface area contributed by atoms with Gasteiger partial charge in [0, 0.05) is 16.7 Å². The van der Waals surface area contributed by atoms with Gasteiger partial charge in [-0.2, -0.15) is 0 Å². The van der Waals surface area contributed by atoms with Crippen LogP contribution < -0.4 is 0 Å². The van der Waals surface area contributed by atoms with Crippen LogP contribution >= 0.6 is 11.6 Å². The second-order valence-corrected chi connectivity index (χ2v) is 6.44. The van der Waals surface area contributed by atoms with E-state index in [0.717, 1.165) is 24.4 Å². The zero-order valence-electron chi connectivity index (χ0n) is 13.6. The molecule has 0 spiro atoms. The summed E-state index contributed by atoms with van der Waals surface area (Å²) < 4.78 is 0. The first kappa shape index (κ1) is 16.8. The average Bonchev–Trinajstić information content (AvgIpc) is 2.53. The molecule has 0 N–H and O–H groups in total. The van der Waals surface area contributed by atoms with Crippen molar-refractivity contribution in [2.24, 2.45) is 10.9 Å². The molecule has 0 saturated heterocycles. The van der Waals surface area contributed by atoms with E-state index in [2.05, 4.69) is 50.3 Å². The van der Waals surface area contributed by atoms with Crippen molar-refractivity contribution in [1.82, 2.24) is 0 Å². The zero-order valence-corrected chi connectivity index (χ0v) is 14.4. The van der Waals surface area contributed by atoms with Gasteiger partial charge in [0.15, 0.2) is 0 Å². The van der Waals surface area contributed by atoms with Crippen LogP contribution in [0.15, 0.2) is 64.2 Å². The second kappa shape index (κ2) is 8.14. The highest BCUT2D eigenvalue weighted by atomic mass is 35.5. The predicted molar refractivity (Wildman–Crippen MR) is 97.8 cm³/mol. The maximum atomic E-state index is 5.85. The van der Waals surface area contributed by atoms with Gasteiger partial charge in [-0.3, -0.25) is 4.99 Å². The number of allylic oxidation sites excluding steroid dienone is 4. The zero-order chi connectivity index (χ0) is 15.9. The fourth-order valence-corrected chi connectivity index (χ4v) is 2.63. The molecule has 0 radical (unpaired) electrons. The summed E-state index contributed by atoms with van der Waals surface area (Å²) in [4.78, 5) is 4.72. The molecule has 1 aliphatic rings. The fourth-order valence-electron chi connectivity index (χ4n) is 2.57. The minimum atomic E-state index is 0.440. The second-order valence-electron chi connectivity index (χ2n) is 5.85. The van der Waals surface area contributed by atoms with Crippen LogP contribution in [-0.4, -0.2) is 12.3 Å². The lowest BCUT2D eigenvalue weighted by Crippen LogP contribution is -2.15. The van der Waals surface area contributed by atoms with E-state index in [-0.39, 0.29) is 0 Å². The smallest absolute Gasteiger partial charge is 0.0643 e. The van der Waals surface area contributed by atoms with Crippen LogP contribution in [0, 0.1) is 5.92 Å². The Kier molecular flexibility index (Phi) is 6.21. The molecule has 0 aromatic heterocycles. The molecular formula is C20H24ClN. The highest BCUT2D eigenvalue weighted by molar-refractivity contribution is 6.29. The van der Waals surface area contributed by atoms with Gasteiger partial charge in [-0.15, -0.1) is 0 Å². The lowest BCUT2D eigenvalue weighted by atomic mass is 9.93. The summed E-state index contributed by atoms with van der Waals surface area (Å²) in [6.45, 7) is 7.07. The molecule has 1 unspecified atom stereocenters. The monoisotopic (exact) mass is 313 g/mol. The summed E-state index contributed by atoms with van der Waals surface area (Å²) in [6.07, 6.45) is 10.4. The van der Waals surface area contributed by atoms with Gasteiger partial charge in [-0.1, -0.05) is 61.9 Å². The quantitative estimate of drug-likeness (QED) is 0.680. The number of aryl methyl sites for hydroxylation is 1. The SMILES string of the molecule is CCc1cccc(CC(C)C2=NCC(=CC=C(C)Cl)C=C2)c1. The number of rotatable bonds is 5. The molecule has 1 aliphatic heterocycles. The van der Waals surface area contributed by atoms with Crippen molar-refractivity contribution in [3.63, 3.8) is 0 Å². The molecule has 116 valence electrons. The Labute approximate surface area is 139 Å². The number of hydrogen-bond acceptors (Lipinski definition) is 1. The molecule has 22 heavy (non-hydrogen) atoms. The van der Waals surface area contributed by atoms with Crippen molar-refractivity contribution >= 4 is 17.3 Å². The van der Waals surface area contributed by atoms with Gasteiger partial charge in [-0.05, 0) is 48.6 Å². The van der Waals surface area contributed by atoms with E-state index in [0.29, 0.717) is 5.92 Å². The first-order chi connectivity index (χ1) is 10.6. The minimum Gasteiger partial charge on any atom is -0.285 e. The molecule has 1 heterocycles. The third kappa shape index (κ3) is 4.99. The van der Waals surface area contributed by atoms with Crippen molar-refractivity contribution in [3.8, 4) is 0 Å². The Hall–Kier alpha value is -1.60. The minimum absolute atomic E-state index is 0.440. The predicted octanol–water partition coefficient (Wildman–Crippen LogP) is 5.51. The first-order valence-corrected chi connectivity index (χ1v) is 8.29. The van der Waals surface area contributed by atoms with Gasteiger partial charge in [0.25, 0.3) is 0 Å². The van der Waals surface area contributed by atoms with Crippen molar-refractivity contribution in [1.29, 1.82) is 0 Å². The summed E-state index contributed by atoms with van der Waals surface area (Å²) in [5.74, 6) is 0.440. The first-order valence-electron chi connectivity index (χ1n) is 7.91. The highest BCUT2D eigenvalue weighted by Crippen LogP contribution is 2.17. The molecule has 1 aromatic carbocycles. The fraction of sp³-hybridized carbons (Fsp3) is 0.350. The van der Waals surface area contributed by atoms with Crippen LogP contribution in [-0.2, 0) is 12.8 Å². The van der Waals surface area contributed by atoms with Gasteiger partial charge in [0.1, 0.15) is 0 Å². The lowest BCUT2D eigenvalue weighted by Gasteiger charge is -2.16. The summed E-state index contributed by atoms with van der Waals surface area (Å²) in [5.41, 5.74) is 5.18. The Balaban J connectivity index is 1.99. The van der Waals surface area contributed by atoms with Crippen molar-refractivity contribution in [2.75, 3.05) is 6.54 Å². The molecule has 0 bridgehead atoms. The van der Waals surface area contributed by atoms with Crippen LogP contribution in [0.4, 0.5) is 0 Å². The average molecular weight is 314 g/mol. The molecule has 0 amide bonds. The molecule has 0 fully saturated rings. The van der Waals surface area contributed by atoms with Crippen molar-refractivity contribution < 1.29 is 0 Å². The van der Waals surface area contributed by atoms with E-state index in [1.165, 1.54) is 22.4 Å². The summed E-state index contributed by atoms with van der Waals surface area (Å²) >= 11 is 5.85. The van der Waals surface area contributed by atoms with Gasteiger partial charge in [0.05, 0.1) is 6.54 Å². The summed E-state index contributed by atoms with van der Waals surface area (Å²) in [7, 11) is 0. The van der Waals surface area contributed by atoms with Gasteiger partial charge < -0.3 is 0 Å². The normalized spacial score (nSPS) is 18.5. The Bertz CT molecular complexity index is 631. The largest absolute Gasteiger partial charge is 0.285 e. The number of hydrogen-bond donors (Lipinski definition) is 0. The number of aliphatic imine (C=N–C) groups is 1. The Morgan fingerprint density at radius 2 is 2.09 bits per heavy atom. The van der Waals surface area contributed by atoms with E-state index < -0.39 is 0 Å². The molecular weight excluding hydrogens is 290 g/mol. The molecule has 0 aliphatic carbocycles. The van der Waals surface area contributed by atoms with Crippen molar-refractivity contribution in [2.45, 2.75) is 33.6 Å². The molecule has 1 nitrogen and oxygen atoms in total. The third-order valence-corrected chi connectivity index (χ3v) is 4.01. The number of benzene rings is 1. The van der Waals surface area contributed by atoms with Gasteiger partial charge in [0.2, 0.25) is 0 Å². The number of halogens is 1. The van der Waals surface area contributed by atoms with Gasteiger partial charge >= 0.3 is 0 Å². The Morgan fingerprint density at radius 1 is 1.32 bits per heavy atom. The summed E-state index contributed by atoms with van der Waals surface area (Å²) in [5, 5.41) is 0.792. The highest BCUT2D eigenvalue weighted by Gasteiger charge is 2.12. The Morgan fingerprint density at radius 3 is 2.73 bits per heavy atom. The third-order valence-electron chi connectivity index (χ3n) is 3.89. The topological polar surface area (TPSA) is 12.4 Å².